The summed E-state index contributed by atoms with van der Waals surface area (Å²) < 4.78 is 20.8. The zero-order valence-electron chi connectivity index (χ0n) is 14.0. The Bertz CT molecular complexity index is 670. The molecule has 0 atom stereocenters. The first-order valence-corrected chi connectivity index (χ1v) is 7.43. The molecule has 2 aromatic rings. The van der Waals surface area contributed by atoms with Gasteiger partial charge in [-0.05, 0) is 36.4 Å². The maximum absolute atomic E-state index is 12.4. The number of ether oxygens (including phenoxy) is 4. The maximum Gasteiger partial charge on any atom is 0.259 e. The van der Waals surface area contributed by atoms with Crippen molar-refractivity contribution in [2.75, 3.05) is 39.9 Å². The van der Waals surface area contributed by atoms with Crippen LogP contribution in [0, 0.1) is 0 Å². The highest BCUT2D eigenvalue weighted by Gasteiger charge is 2.13. The molecule has 0 bridgehead atoms. The van der Waals surface area contributed by atoms with E-state index < -0.39 is 0 Å². The third-order valence-electron chi connectivity index (χ3n) is 3.32. The van der Waals surface area contributed by atoms with Crippen molar-refractivity contribution in [3.63, 3.8) is 0 Å². The van der Waals surface area contributed by atoms with Crippen LogP contribution in [-0.2, 0) is 4.74 Å². The van der Waals surface area contributed by atoms with E-state index in [1.165, 1.54) is 7.11 Å². The van der Waals surface area contributed by atoms with E-state index in [2.05, 4.69) is 5.32 Å². The first kappa shape index (κ1) is 17.6. The molecule has 1 amide bonds. The molecule has 0 saturated heterocycles. The Hall–Kier alpha value is -2.73. The Morgan fingerprint density at radius 3 is 2.25 bits per heavy atom. The lowest BCUT2D eigenvalue weighted by atomic mass is 10.1. The van der Waals surface area contributed by atoms with Crippen LogP contribution in [0.4, 0.5) is 5.69 Å². The highest BCUT2D eigenvalue weighted by atomic mass is 16.5. The molecule has 128 valence electrons. The lowest BCUT2D eigenvalue weighted by molar-refractivity contribution is 0.102. The zero-order valence-corrected chi connectivity index (χ0v) is 14.0. The zero-order chi connectivity index (χ0) is 17.4. The summed E-state index contributed by atoms with van der Waals surface area (Å²) in [6.45, 7) is 1.00. The molecule has 0 saturated carbocycles. The molecule has 1 N–H and O–H groups in total. The fourth-order valence-electron chi connectivity index (χ4n) is 2.06. The van der Waals surface area contributed by atoms with Crippen LogP contribution in [0.1, 0.15) is 10.4 Å². The fourth-order valence-corrected chi connectivity index (χ4v) is 2.06. The Kier molecular flexibility index (Phi) is 6.45. The van der Waals surface area contributed by atoms with Gasteiger partial charge in [-0.3, -0.25) is 4.79 Å². The van der Waals surface area contributed by atoms with E-state index in [-0.39, 0.29) is 5.91 Å². The summed E-state index contributed by atoms with van der Waals surface area (Å²) in [5, 5.41) is 2.82. The van der Waals surface area contributed by atoms with Gasteiger partial charge in [0.15, 0.2) is 0 Å². The average Bonchev–Trinajstić information content (AvgIpc) is 2.62. The molecule has 6 nitrogen and oxygen atoms in total. The molecular formula is C18H21NO5. The van der Waals surface area contributed by atoms with Gasteiger partial charge in [-0.25, -0.2) is 0 Å². The van der Waals surface area contributed by atoms with Crippen LogP contribution in [0.25, 0.3) is 0 Å². The predicted molar refractivity (Wildman–Crippen MR) is 91.3 cm³/mol. The second-order valence-electron chi connectivity index (χ2n) is 4.89. The van der Waals surface area contributed by atoms with Gasteiger partial charge in [0, 0.05) is 18.9 Å². The Morgan fingerprint density at radius 1 is 0.917 bits per heavy atom. The first-order valence-electron chi connectivity index (χ1n) is 7.43. The number of hydrogen-bond donors (Lipinski definition) is 1. The molecule has 0 aliphatic carbocycles. The Morgan fingerprint density at radius 2 is 1.62 bits per heavy atom. The molecule has 0 aromatic heterocycles. The molecule has 0 spiro atoms. The van der Waals surface area contributed by atoms with E-state index >= 15 is 0 Å². The predicted octanol–water partition coefficient (Wildman–Crippen LogP) is 2.98. The summed E-state index contributed by atoms with van der Waals surface area (Å²) in [5.74, 6) is 1.53. The van der Waals surface area contributed by atoms with Crippen LogP contribution in [0.5, 0.6) is 17.2 Å². The van der Waals surface area contributed by atoms with Crippen molar-refractivity contribution < 1.29 is 23.7 Å². The molecule has 2 rings (SSSR count). The molecule has 0 aliphatic rings. The molecule has 2 aromatic carbocycles. The Labute approximate surface area is 141 Å². The van der Waals surface area contributed by atoms with Gasteiger partial charge in [0.2, 0.25) is 0 Å². The average molecular weight is 331 g/mol. The monoisotopic (exact) mass is 331 g/mol. The number of methoxy groups -OCH3 is 3. The van der Waals surface area contributed by atoms with Gasteiger partial charge < -0.3 is 24.3 Å². The largest absolute Gasteiger partial charge is 0.497 e. The number of carbonyl (C=O) groups excluding carboxylic acids is 1. The van der Waals surface area contributed by atoms with Crippen LogP contribution < -0.4 is 19.5 Å². The number of nitrogens with one attached hydrogen (secondary N) is 1. The van der Waals surface area contributed by atoms with Crippen molar-refractivity contribution in [2.45, 2.75) is 0 Å². The third kappa shape index (κ3) is 4.63. The topological polar surface area (TPSA) is 66.0 Å². The second-order valence-corrected chi connectivity index (χ2v) is 4.89. The lowest BCUT2D eigenvalue weighted by Gasteiger charge is -2.11. The van der Waals surface area contributed by atoms with Crippen LogP contribution in [0.3, 0.4) is 0 Å². The first-order chi connectivity index (χ1) is 11.7. The lowest BCUT2D eigenvalue weighted by Crippen LogP contribution is -2.13. The summed E-state index contributed by atoms with van der Waals surface area (Å²) >= 11 is 0. The van der Waals surface area contributed by atoms with Crippen LogP contribution in [-0.4, -0.2) is 40.5 Å². The molecule has 0 unspecified atom stereocenters. The SMILES string of the molecule is COCCOc1ccc(NC(=O)c2ccc(OC)cc2OC)cc1. The van der Waals surface area contributed by atoms with E-state index in [0.717, 1.165) is 0 Å². The van der Waals surface area contributed by atoms with Crippen molar-refractivity contribution in [3.05, 3.63) is 48.0 Å². The van der Waals surface area contributed by atoms with Crippen molar-refractivity contribution in [2.24, 2.45) is 0 Å². The number of anilines is 1. The number of rotatable bonds is 8. The minimum atomic E-state index is -0.262. The standard InChI is InChI=1S/C18H21NO5/c1-21-10-11-24-14-6-4-13(5-7-14)19-18(20)16-9-8-15(22-2)12-17(16)23-3/h4-9,12H,10-11H2,1-3H3,(H,19,20). The van der Waals surface area contributed by atoms with Crippen molar-refractivity contribution >= 4 is 11.6 Å². The minimum absolute atomic E-state index is 0.262. The van der Waals surface area contributed by atoms with E-state index in [4.69, 9.17) is 18.9 Å². The highest BCUT2D eigenvalue weighted by Crippen LogP contribution is 2.25. The number of carbonyl (C=O) groups is 1. The molecule has 24 heavy (non-hydrogen) atoms. The molecule has 0 radical (unpaired) electrons. The summed E-state index contributed by atoms with van der Waals surface area (Å²) in [6.07, 6.45) is 0. The molecule has 0 fully saturated rings. The van der Waals surface area contributed by atoms with Crippen LogP contribution in [0.15, 0.2) is 42.5 Å². The van der Waals surface area contributed by atoms with E-state index in [0.29, 0.717) is 41.7 Å². The highest BCUT2D eigenvalue weighted by molar-refractivity contribution is 6.06. The fraction of sp³-hybridized carbons (Fsp3) is 0.278. The van der Waals surface area contributed by atoms with E-state index in [1.807, 2.05) is 0 Å². The second kappa shape index (κ2) is 8.79. The van der Waals surface area contributed by atoms with Gasteiger partial charge in [0.1, 0.15) is 23.9 Å². The number of benzene rings is 2. The molecule has 0 aliphatic heterocycles. The van der Waals surface area contributed by atoms with Crippen LogP contribution in [0.2, 0.25) is 0 Å². The Balaban J connectivity index is 2.04. The van der Waals surface area contributed by atoms with Gasteiger partial charge in [0.25, 0.3) is 5.91 Å². The quantitative estimate of drug-likeness (QED) is 0.753. The molecular weight excluding hydrogens is 310 g/mol. The van der Waals surface area contributed by atoms with E-state index in [1.54, 1.807) is 56.7 Å². The van der Waals surface area contributed by atoms with Crippen LogP contribution >= 0.6 is 0 Å². The normalized spacial score (nSPS) is 10.1. The van der Waals surface area contributed by atoms with Gasteiger partial charge in [0.05, 0.1) is 26.4 Å². The van der Waals surface area contributed by atoms with Gasteiger partial charge in [-0.15, -0.1) is 0 Å². The van der Waals surface area contributed by atoms with E-state index in [9.17, 15) is 4.79 Å². The smallest absolute Gasteiger partial charge is 0.259 e. The summed E-state index contributed by atoms with van der Waals surface area (Å²) in [4.78, 5) is 12.4. The van der Waals surface area contributed by atoms with Crippen molar-refractivity contribution in [1.29, 1.82) is 0 Å². The summed E-state index contributed by atoms with van der Waals surface area (Å²) in [5.41, 5.74) is 1.09. The van der Waals surface area contributed by atoms with Gasteiger partial charge >= 0.3 is 0 Å². The number of amides is 1. The van der Waals surface area contributed by atoms with Gasteiger partial charge in [-0.2, -0.15) is 0 Å². The van der Waals surface area contributed by atoms with Crippen molar-refractivity contribution in [1.82, 2.24) is 0 Å². The minimum Gasteiger partial charge on any atom is -0.497 e. The van der Waals surface area contributed by atoms with Crippen molar-refractivity contribution in [3.8, 4) is 17.2 Å². The summed E-state index contributed by atoms with van der Waals surface area (Å²) in [6, 6.07) is 12.2. The maximum atomic E-state index is 12.4. The molecule has 0 heterocycles. The number of hydrogen-bond acceptors (Lipinski definition) is 5. The molecule has 6 heteroatoms. The summed E-state index contributed by atoms with van der Waals surface area (Å²) in [7, 11) is 4.69. The third-order valence-corrected chi connectivity index (χ3v) is 3.32. The van der Waals surface area contributed by atoms with Gasteiger partial charge in [-0.1, -0.05) is 0 Å².